The van der Waals surface area contributed by atoms with Crippen molar-refractivity contribution in [2.75, 3.05) is 14.2 Å². The molecule has 2 rings (SSSR count). The molecule has 1 aromatic heterocycles. The quantitative estimate of drug-likeness (QED) is 0.841. The molecule has 0 amide bonds. The van der Waals surface area contributed by atoms with Crippen LogP contribution in [0.4, 0.5) is 0 Å². The highest BCUT2D eigenvalue weighted by molar-refractivity contribution is 7.89. The lowest BCUT2D eigenvalue weighted by Crippen LogP contribution is -2.27. The number of methoxy groups -OCH3 is 1. The molecule has 0 radical (unpaired) electrons. The summed E-state index contributed by atoms with van der Waals surface area (Å²) < 4.78 is 33.5. The minimum absolute atomic E-state index is 0.163. The molecule has 0 spiro atoms. The molecular weight excluding hydrogens is 290 g/mol. The second-order valence-corrected chi connectivity index (χ2v) is 6.80. The number of ether oxygens (including phenoxy) is 1. The van der Waals surface area contributed by atoms with Crippen LogP contribution in [0.3, 0.4) is 0 Å². The number of para-hydroxylation sites is 1. The maximum Gasteiger partial charge on any atom is 0.246 e. The normalized spacial score (nSPS) is 11.9. The lowest BCUT2D eigenvalue weighted by molar-refractivity contribution is 0.397. The van der Waals surface area contributed by atoms with Gasteiger partial charge in [-0.3, -0.25) is 4.68 Å². The van der Waals surface area contributed by atoms with E-state index in [1.807, 2.05) is 14.0 Å². The molecule has 0 unspecified atom stereocenters. The Morgan fingerprint density at radius 3 is 2.57 bits per heavy atom. The van der Waals surface area contributed by atoms with Crippen LogP contribution in [0.1, 0.15) is 11.3 Å². The smallest absolute Gasteiger partial charge is 0.246 e. The molecule has 0 aliphatic rings. The number of aryl methyl sites for hydroxylation is 1. The first-order chi connectivity index (χ1) is 9.87. The molecule has 2 aromatic rings. The van der Waals surface area contributed by atoms with Crippen molar-refractivity contribution >= 4 is 10.0 Å². The molecule has 0 bridgehead atoms. The summed E-state index contributed by atoms with van der Waals surface area (Å²) in [5.74, 6) is 0.340. The number of aromatic nitrogens is 2. The van der Waals surface area contributed by atoms with Crippen molar-refractivity contribution in [3.8, 4) is 5.75 Å². The predicted octanol–water partition coefficient (Wildman–Crippen LogP) is 1.56. The lowest BCUT2D eigenvalue weighted by atomic mass is 10.3. The van der Waals surface area contributed by atoms with Gasteiger partial charge < -0.3 is 4.74 Å². The van der Waals surface area contributed by atoms with Gasteiger partial charge in [-0.25, -0.2) is 8.42 Å². The Kier molecular flexibility index (Phi) is 4.34. The summed E-state index contributed by atoms with van der Waals surface area (Å²) in [6.45, 7) is 2.17. The minimum Gasteiger partial charge on any atom is -0.495 e. The van der Waals surface area contributed by atoms with Gasteiger partial charge in [0.25, 0.3) is 0 Å². The molecule has 114 valence electrons. The van der Waals surface area contributed by atoms with Crippen LogP contribution in [0.15, 0.2) is 35.4 Å². The molecule has 0 saturated heterocycles. The molecule has 6 nitrogen and oxygen atoms in total. The van der Waals surface area contributed by atoms with Crippen molar-refractivity contribution in [3.05, 3.63) is 41.7 Å². The van der Waals surface area contributed by atoms with E-state index in [0.29, 0.717) is 5.75 Å². The van der Waals surface area contributed by atoms with Gasteiger partial charge in [-0.15, -0.1) is 0 Å². The number of sulfonamides is 1. The third-order valence-electron chi connectivity index (χ3n) is 3.49. The van der Waals surface area contributed by atoms with E-state index in [1.54, 1.807) is 42.2 Å². The van der Waals surface area contributed by atoms with Crippen LogP contribution in [0.2, 0.25) is 0 Å². The van der Waals surface area contributed by atoms with Crippen LogP contribution in [-0.2, 0) is 23.6 Å². The van der Waals surface area contributed by atoms with Crippen molar-refractivity contribution in [3.63, 3.8) is 0 Å². The zero-order valence-corrected chi connectivity index (χ0v) is 13.4. The zero-order chi connectivity index (χ0) is 15.6. The first kappa shape index (κ1) is 15.5. The number of hydrogen-bond acceptors (Lipinski definition) is 4. The minimum atomic E-state index is -3.62. The van der Waals surface area contributed by atoms with Crippen LogP contribution in [0.25, 0.3) is 0 Å². The average molecular weight is 309 g/mol. The fourth-order valence-electron chi connectivity index (χ4n) is 2.02. The highest BCUT2D eigenvalue weighted by Crippen LogP contribution is 2.26. The van der Waals surface area contributed by atoms with E-state index in [-0.39, 0.29) is 11.4 Å². The summed E-state index contributed by atoms with van der Waals surface area (Å²) in [5.41, 5.74) is 1.82. The Hall–Kier alpha value is -1.86. The molecule has 1 heterocycles. The Bertz CT molecular complexity index is 738. The Morgan fingerprint density at radius 1 is 1.33 bits per heavy atom. The Labute approximate surface area is 125 Å². The summed E-state index contributed by atoms with van der Waals surface area (Å²) >= 11 is 0. The van der Waals surface area contributed by atoms with Gasteiger partial charge in [0.05, 0.1) is 13.3 Å². The van der Waals surface area contributed by atoms with Crippen molar-refractivity contribution in [1.29, 1.82) is 0 Å². The van der Waals surface area contributed by atoms with Gasteiger partial charge in [0.2, 0.25) is 10.0 Å². The summed E-state index contributed by atoms with van der Waals surface area (Å²) in [6.07, 6.45) is 1.68. The fraction of sp³-hybridized carbons (Fsp3) is 0.357. The number of benzene rings is 1. The van der Waals surface area contributed by atoms with E-state index >= 15 is 0 Å². The first-order valence-electron chi connectivity index (χ1n) is 6.44. The number of rotatable bonds is 5. The average Bonchev–Trinajstić information content (AvgIpc) is 2.79. The third-order valence-corrected chi connectivity index (χ3v) is 5.33. The van der Waals surface area contributed by atoms with Gasteiger partial charge in [-0.05, 0) is 19.1 Å². The van der Waals surface area contributed by atoms with Crippen LogP contribution in [-0.4, -0.2) is 36.7 Å². The van der Waals surface area contributed by atoms with Gasteiger partial charge in [-0.1, -0.05) is 12.1 Å². The van der Waals surface area contributed by atoms with Crippen molar-refractivity contribution in [2.45, 2.75) is 18.4 Å². The molecule has 1 aromatic carbocycles. The Balaban J connectivity index is 2.33. The van der Waals surface area contributed by atoms with Crippen LogP contribution in [0, 0.1) is 6.92 Å². The third kappa shape index (κ3) is 2.93. The van der Waals surface area contributed by atoms with Gasteiger partial charge in [-0.2, -0.15) is 9.40 Å². The van der Waals surface area contributed by atoms with Crippen LogP contribution < -0.4 is 4.74 Å². The maximum atomic E-state index is 12.7. The largest absolute Gasteiger partial charge is 0.495 e. The van der Waals surface area contributed by atoms with E-state index in [1.165, 1.54) is 11.4 Å². The number of hydrogen-bond donors (Lipinski definition) is 0. The standard InChI is InChI=1S/C14H19N3O3S/c1-11-12(9-15-17(11)3)10-16(2)21(18,19)14-8-6-5-7-13(14)20-4/h5-9H,10H2,1-4H3. The van der Waals surface area contributed by atoms with Gasteiger partial charge in [0.1, 0.15) is 10.6 Å². The van der Waals surface area contributed by atoms with E-state index in [9.17, 15) is 8.42 Å². The molecule has 21 heavy (non-hydrogen) atoms. The molecule has 0 saturated carbocycles. The van der Waals surface area contributed by atoms with E-state index in [2.05, 4.69) is 5.10 Å². The SMILES string of the molecule is COc1ccccc1S(=O)(=O)N(C)Cc1cnn(C)c1C. The van der Waals surface area contributed by atoms with Crippen LogP contribution >= 0.6 is 0 Å². The maximum absolute atomic E-state index is 12.7. The summed E-state index contributed by atoms with van der Waals surface area (Å²) in [7, 11) is 1.22. The van der Waals surface area contributed by atoms with Crippen molar-refractivity contribution in [1.82, 2.24) is 14.1 Å². The lowest BCUT2D eigenvalue weighted by Gasteiger charge is -2.18. The zero-order valence-electron chi connectivity index (χ0n) is 12.6. The molecule has 0 N–H and O–H groups in total. The molecule has 0 fully saturated rings. The summed E-state index contributed by atoms with van der Waals surface area (Å²) in [4.78, 5) is 0.163. The van der Waals surface area contributed by atoms with E-state index in [4.69, 9.17) is 4.74 Å². The molecular formula is C14H19N3O3S. The van der Waals surface area contributed by atoms with Crippen LogP contribution in [0.5, 0.6) is 5.75 Å². The van der Waals surface area contributed by atoms with Crippen molar-refractivity contribution < 1.29 is 13.2 Å². The molecule has 0 aliphatic heterocycles. The molecule has 0 atom stereocenters. The van der Waals surface area contributed by atoms with Gasteiger partial charge >= 0.3 is 0 Å². The van der Waals surface area contributed by atoms with Crippen molar-refractivity contribution in [2.24, 2.45) is 7.05 Å². The Morgan fingerprint density at radius 2 is 2.00 bits per heavy atom. The molecule has 7 heteroatoms. The topological polar surface area (TPSA) is 64.4 Å². The van der Waals surface area contributed by atoms with E-state index < -0.39 is 10.0 Å². The highest BCUT2D eigenvalue weighted by Gasteiger charge is 2.25. The van der Waals surface area contributed by atoms with E-state index in [0.717, 1.165) is 11.3 Å². The second kappa shape index (κ2) is 5.87. The molecule has 0 aliphatic carbocycles. The summed E-state index contributed by atoms with van der Waals surface area (Å²) in [5, 5.41) is 4.13. The second-order valence-electron chi connectivity index (χ2n) is 4.79. The first-order valence-corrected chi connectivity index (χ1v) is 7.88. The highest BCUT2D eigenvalue weighted by atomic mass is 32.2. The predicted molar refractivity (Wildman–Crippen MR) is 79.6 cm³/mol. The fourth-order valence-corrected chi connectivity index (χ4v) is 3.33. The monoisotopic (exact) mass is 309 g/mol. The van der Waals surface area contributed by atoms with Gasteiger partial charge in [0, 0.05) is 31.9 Å². The summed E-state index contributed by atoms with van der Waals surface area (Å²) in [6, 6.07) is 6.60. The van der Waals surface area contributed by atoms with Gasteiger partial charge in [0.15, 0.2) is 0 Å². The number of nitrogens with zero attached hydrogens (tertiary/aromatic N) is 3.